The van der Waals surface area contributed by atoms with Gasteiger partial charge in [0, 0.05) is 0 Å². The van der Waals surface area contributed by atoms with Crippen molar-refractivity contribution in [3.63, 3.8) is 0 Å². The van der Waals surface area contributed by atoms with E-state index in [0.717, 1.165) is 18.4 Å². The molecule has 0 aliphatic rings. The zero-order valence-electron chi connectivity index (χ0n) is 13.8. The molecule has 1 unspecified atom stereocenters. The van der Waals surface area contributed by atoms with Crippen LogP contribution in [0.4, 0.5) is 0 Å². The van der Waals surface area contributed by atoms with E-state index in [-0.39, 0.29) is 5.92 Å². The van der Waals surface area contributed by atoms with E-state index in [2.05, 4.69) is 26.8 Å². The summed E-state index contributed by atoms with van der Waals surface area (Å²) < 4.78 is 16.2. The second-order valence-electron chi connectivity index (χ2n) is 5.40. The highest BCUT2D eigenvalue weighted by molar-refractivity contribution is 5.56. The van der Waals surface area contributed by atoms with Crippen LogP contribution in [0.3, 0.4) is 0 Å². The van der Waals surface area contributed by atoms with E-state index in [1.165, 1.54) is 0 Å². The van der Waals surface area contributed by atoms with Gasteiger partial charge in [0.05, 0.1) is 32.8 Å². The molecule has 1 atom stereocenters. The van der Waals surface area contributed by atoms with Gasteiger partial charge in [-0.2, -0.15) is 5.26 Å². The average Bonchev–Trinajstić information content (AvgIpc) is 2.50. The summed E-state index contributed by atoms with van der Waals surface area (Å²) in [6, 6.07) is 6.30. The molecule has 0 saturated heterocycles. The van der Waals surface area contributed by atoms with Gasteiger partial charge in [-0.3, -0.25) is 0 Å². The van der Waals surface area contributed by atoms with E-state index < -0.39 is 5.41 Å². The van der Waals surface area contributed by atoms with E-state index in [4.69, 9.17) is 14.2 Å². The molecule has 4 heteroatoms. The molecular weight excluding hydrogens is 266 g/mol. The Balaban J connectivity index is 3.57. The van der Waals surface area contributed by atoms with E-state index in [9.17, 15) is 5.26 Å². The van der Waals surface area contributed by atoms with Crippen LogP contribution in [0.2, 0.25) is 0 Å². The van der Waals surface area contributed by atoms with Gasteiger partial charge in [-0.15, -0.1) is 0 Å². The molecule has 1 aromatic rings. The van der Waals surface area contributed by atoms with Crippen LogP contribution in [0, 0.1) is 17.2 Å². The lowest BCUT2D eigenvalue weighted by Crippen LogP contribution is -2.30. The van der Waals surface area contributed by atoms with Crippen LogP contribution < -0.4 is 14.2 Å². The van der Waals surface area contributed by atoms with Crippen LogP contribution in [0.5, 0.6) is 17.2 Å². The summed E-state index contributed by atoms with van der Waals surface area (Å²) >= 11 is 0. The van der Waals surface area contributed by atoms with Crippen molar-refractivity contribution in [3.8, 4) is 23.3 Å². The normalized spacial score (nSPS) is 13.4. The number of hydrogen-bond acceptors (Lipinski definition) is 4. The second kappa shape index (κ2) is 7.21. The van der Waals surface area contributed by atoms with E-state index in [1.807, 2.05) is 12.1 Å². The summed E-state index contributed by atoms with van der Waals surface area (Å²) in [6.45, 7) is 6.23. The highest BCUT2D eigenvalue weighted by Crippen LogP contribution is 2.45. The molecule has 0 N–H and O–H groups in total. The Hall–Kier alpha value is -1.89. The first kappa shape index (κ1) is 17.2. The Morgan fingerprint density at radius 2 is 1.62 bits per heavy atom. The quantitative estimate of drug-likeness (QED) is 0.763. The monoisotopic (exact) mass is 291 g/mol. The van der Waals surface area contributed by atoms with Crippen molar-refractivity contribution in [1.29, 1.82) is 5.26 Å². The third kappa shape index (κ3) is 3.07. The lowest BCUT2D eigenvalue weighted by molar-refractivity contribution is 0.317. The molecule has 0 spiro atoms. The predicted molar refractivity (Wildman–Crippen MR) is 83.1 cm³/mol. The number of ether oxygens (including phenoxy) is 3. The summed E-state index contributed by atoms with van der Waals surface area (Å²) in [7, 11) is 4.75. The number of nitriles is 1. The van der Waals surface area contributed by atoms with Gasteiger partial charge in [-0.05, 0) is 30.0 Å². The molecule has 0 aromatic heterocycles. The fraction of sp³-hybridized carbons (Fsp3) is 0.588. The molecule has 0 aliphatic heterocycles. The Bertz CT molecular complexity index is 494. The molecule has 21 heavy (non-hydrogen) atoms. The lowest BCUT2D eigenvalue weighted by atomic mass is 9.70. The first-order chi connectivity index (χ1) is 10.00. The molecule has 1 rings (SSSR count). The van der Waals surface area contributed by atoms with Gasteiger partial charge < -0.3 is 14.2 Å². The van der Waals surface area contributed by atoms with Crippen molar-refractivity contribution in [2.45, 2.75) is 39.0 Å². The Kier molecular flexibility index (Phi) is 5.90. The van der Waals surface area contributed by atoms with Crippen LogP contribution in [0.25, 0.3) is 0 Å². The van der Waals surface area contributed by atoms with Gasteiger partial charge in [0.25, 0.3) is 0 Å². The first-order valence-corrected chi connectivity index (χ1v) is 7.22. The minimum atomic E-state index is -0.554. The molecule has 0 saturated carbocycles. The SMILES string of the molecule is CCCC(C#N)(c1cc(OC)c(OC)c(OC)c1)C(C)C. The smallest absolute Gasteiger partial charge is 0.203 e. The molecule has 0 radical (unpaired) electrons. The molecule has 4 nitrogen and oxygen atoms in total. The highest BCUT2D eigenvalue weighted by Gasteiger charge is 2.36. The van der Waals surface area contributed by atoms with E-state index >= 15 is 0 Å². The maximum absolute atomic E-state index is 9.82. The molecular formula is C17H25NO3. The number of rotatable bonds is 7. The molecule has 0 amide bonds. The topological polar surface area (TPSA) is 51.5 Å². The minimum Gasteiger partial charge on any atom is -0.493 e. The fourth-order valence-corrected chi connectivity index (χ4v) is 2.75. The van der Waals surface area contributed by atoms with Crippen LogP contribution in [-0.4, -0.2) is 21.3 Å². The number of methoxy groups -OCH3 is 3. The zero-order chi connectivity index (χ0) is 16.0. The average molecular weight is 291 g/mol. The van der Waals surface area contributed by atoms with Crippen LogP contribution in [-0.2, 0) is 5.41 Å². The van der Waals surface area contributed by atoms with Crippen molar-refractivity contribution < 1.29 is 14.2 Å². The van der Waals surface area contributed by atoms with Gasteiger partial charge in [-0.1, -0.05) is 27.2 Å². The van der Waals surface area contributed by atoms with E-state index in [1.54, 1.807) is 21.3 Å². The maximum Gasteiger partial charge on any atom is 0.203 e. The van der Waals surface area contributed by atoms with Crippen LogP contribution in [0.15, 0.2) is 12.1 Å². The first-order valence-electron chi connectivity index (χ1n) is 7.22. The van der Waals surface area contributed by atoms with Crippen molar-refractivity contribution in [1.82, 2.24) is 0 Å². The molecule has 1 aromatic carbocycles. The molecule has 116 valence electrons. The van der Waals surface area contributed by atoms with Gasteiger partial charge in [-0.25, -0.2) is 0 Å². The number of nitrogens with zero attached hydrogens (tertiary/aromatic N) is 1. The molecule has 0 bridgehead atoms. The zero-order valence-corrected chi connectivity index (χ0v) is 13.8. The highest BCUT2D eigenvalue weighted by atomic mass is 16.5. The van der Waals surface area contributed by atoms with Gasteiger partial charge in [0.15, 0.2) is 11.5 Å². The number of hydrogen-bond donors (Lipinski definition) is 0. The Morgan fingerprint density at radius 3 is 1.90 bits per heavy atom. The summed E-state index contributed by atoms with van der Waals surface area (Å²) in [5, 5.41) is 9.82. The third-order valence-electron chi connectivity index (χ3n) is 4.01. The largest absolute Gasteiger partial charge is 0.493 e. The van der Waals surface area contributed by atoms with Crippen molar-refractivity contribution in [2.75, 3.05) is 21.3 Å². The van der Waals surface area contributed by atoms with Gasteiger partial charge in [0.1, 0.15) is 0 Å². The Labute approximate surface area is 127 Å². The molecule has 0 aliphatic carbocycles. The minimum absolute atomic E-state index is 0.185. The summed E-state index contributed by atoms with van der Waals surface area (Å²) in [4.78, 5) is 0. The lowest BCUT2D eigenvalue weighted by Gasteiger charge is -2.32. The summed E-state index contributed by atoms with van der Waals surface area (Å²) in [5.74, 6) is 1.91. The maximum atomic E-state index is 9.82. The summed E-state index contributed by atoms with van der Waals surface area (Å²) in [5.41, 5.74) is 0.359. The van der Waals surface area contributed by atoms with E-state index in [0.29, 0.717) is 17.2 Å². The standard InChI is InChI=1S/C17H25NO3/c1-7-8-17(11-18,12(2)3)13-9-14(19-4)16(21-6)15(10-13)20-5/h9-10,12H,7-8H2,1-6H3. The van der Waals surface area contributed by atoms with Crippen molar-refractivity contribution >= 4 is 0 Å². The second-order valence-corrected chi connectivity index (χ2v) is 5.40. The van der Waals surface area contributed by atoms with Crippen molar-refractivity contribution in [3.05, 3.63) is 17.7 Å². The van der Waals surface area contributed by atoms with Crippen LogP contribution in [0.1, 0.15) is 39.2 Å². The predicted octanol–water partition coefficient (Wildman–Crippen LogP) is 3.93. The Morgan fingerprint density at radius 1 is 1.10 bits per heavy atom. The summed E-state index contributed by atoms with van der Waals surface area (Å²) in [6.07, 6.45) is 1.72. The third-order valence-corrected chi connectivity index (χ3v) is 4.01. The van der Waals surface area contributed by atoms with Gasteiger partial charge in [0.2, 0.25) is 5.75 Å². The van der Waals surface area contributed by atoms with Crippen LogP contribution >= 0.6 is 0 Å². The molecule has 0 fully saturated rings. The number of benzene rings is 1. The molecule has 0 heterocycles. The fourth-order valence-electron chi connectivity index (χ4n) is 2.75. The van der Waals surface area contributed by atoms with Crippen molar-refractivity contribution in [2.24, 2.45) is 5.92 Å². The van der Waals surface area contributed by atoms with Gasteiger partial charge >= 0.3 is 0 Å².